The minimum atomic E-state index is -0.946. The third-order valence-corrected chi connectivity index (χ3v) is 3.74. The number of amides is 1. The van der Waals surface area contributed by atoms with E-state index < -0.39 is 11.9 Å². The zero-order valence-corrected chi connectivity index (χ0v) is 13.5. The summed E-state index contributed by atoms with van der Waals surface area (Å²) in [6, 6.07) is 13.3. The number of hydrogen-bond donors (Lipinski definition) is 2. The Bertz CT molecular complexity index is 713. The van der Waals surface area contributed by atoms with E-state index in [-0.39, 0.29) is 24.7 Å². The third kappa shape index (κ3) is 5.50. The highest BCUT2D eigenvalue weighted by Crippen LogP contribution is 2.11. The van der Waals surface area contributed by atoms with Crippen LogP contribution >= 0.6 is 0 Å². The minimum absolute atomic E-state index is 0.0588. The first-order chi connectivity index (χ1) is 11.4. The maximum atomic E-state index is 12.8. The third-order valence-electron chi connectivity index (χ3n) is 3.74. The molecule has 0 saturated heterocycles. The number of aliphatic carboxylic acids is 1. The standard InChI is InChI=1S/C19H20FNO3/c1-13-3-2-4-15(9-13)10-16(19(23)24)12-21-18(22)11-14-5-7-17(20)8-6-14/h2-9,16H,10-12H2,1H3,(H,21,22)(H,23,24). The molecule has 0 aromatic heterocycles. The van der Waals surface area contributed by atoms with Gasteiger partial charge in [-0.15, -0.1) is 0 Å². The van der Waals surface area contributed by atoms with Gasteiger partial charge in [0.25, 0.3) is 0 Å². The number of carboxylic acid groups (broad SMARTS) is 1. The lowest BCUT2D eigenvalue weighted by molar-refractivity contribution is -0.141. The minimum Gasteiger partial charge on any atom is -0.481 e. The van der Waals surface area contributed by atoms with Gasteiger partial charge >= 0.3 is 5.97 Å². The molecule has 0 spiro atoms. The van der Waals surface area contributed by atoms with E-state index in [2.05, 4.69) is 5.32 Å². The molecule has 24 heavy (non-hydrogen) atoms. The van der Waals surface area contributed by atoms with E-state index in [0.29, 0.717) is 12.0 Å². The Labute approximate surface area is 140 Å². The van der Waals surface area contributed by atoms with Crippen LogP contribution in [-0.4, -0.2) is 23.5 Å². The molecule has 0 aliphatic heterocycles. The molecule has 1 atom stereocenters. The zero-order chi connectivity index (χ0) is 17.5. The van der Waals surface area contributed by atoms with Gasteiger partial charge in [-0.25, -0.2) is 4.39 Å². The number of aryl methyl sites for hydroxylation is 1. The molecule has 1 unspecified atom stereocenters. The van der Waals surface area contributed by atoms with Crippen molar-refractivity contribution in [1.29, 1.82) is 0 Å². The highest BCUT2D eigenvalue weighted by atomic mass is 19.1. The van der Waals surface area contributed by atoms with Crippen molar-refractivity contribution >= 4 is 11.9 Å². The molecule has 2 rings (SSSR count). The van der Waals surface area contributed by atoms with Gasteiger partial charge in [-0.1, -0.05) is 42.0 Å². The maximum Gasteiger partial charge on any atom is 0.308 e. The molecule has 1 amide bonds. The summed E-state index contributed by atoms with van der Waals surface area (Å²) in [5.41, 5.74) is 2.67. The van der Waals surface area contributed by atoms with Crippen molar-refractivity contribution in [2.45, 2.75) is 19.8 Å². The predicted molar refractivity (Wildman–Crippen MR) is 89.1 cm³/mol. The Morgan fingerprint density at radius 2 is 1.83 bits per heavy atom. The second-order valence-corrected chi connectivity index (χ2v) is 5.84. The molecule has 5 heteroatoms. The van der Waals surface area contributed by atoms with Gasteiger partial charge in [0.2, 0.25) is 5.91 Å². The molecule has 0 radical (unpaired) electrons. The van der Waals surface area contributed by atoms with Crippen LogP contribution in [0.5, 0.6) is 0 Å². The lowest BCUT2D eigenvalue weighted by Gasteiger charge is -2.14. The van der Waals surface area contributed by atoms with E-state index in [4.69, 9.17) is 0 Å². The first kappa shape index (κ1) is 17.7. The largest absolute Gasteiger partial charge is 0.481 e. The van der Waals surface area contributed by atoms with Crippen LogP contribution in [-0.2, 0) is 22.4 Å². The van der Waals surface area contributed by atoms with Gasteiger partial charge in [-0.3, -0.25) is 9.59 Å². The van der Waals surface area contributed by atoms with Crippen LogP contribution in [0.4, 0.5) is 4.39 Å². The fraction of sp³-hybridized carbons (Fsp3) is 0.263. The smallest absolute Gasteiger partial charge is 0.308 e. The van der Waals surface area contributed by atoms with Crippen LogP contribution in [0.2, 0.25) is 0 Å². The Hall–Kier alpha value is -2.69. The van der Waals surface area contributed by atoms with Gasteiger partial charge in [0.1, 0.15) is 5.82 Å². The summed E-state index contributed by atoms with van der Waals surface area (Å²) >= 11 is 0. The van der Waals surface area contributed by atoms with Gasteiger partial charge in [0, 0.05) is 6.54 Å². The van der Waals surface area contributed by atoms with Crippen LogP contribution in [0.25, 0.3) is 0 Å². The SMILES string of the molecule is Cc1cccc(CC(CNC(=O)Cc2ccc(F)cc2)C(=O)O)c1. The Morgan fingerprint density at radius 1 is 1.12 bits per heavy atom. The summed E-state index contributed by atoms with van der Waals surface area (Å²) in [4.78, 5) is 23.3. The van der Waals surface area contributed by atoms with Crippen molar-refractivity contribution in [2.75, 3.05) is 6.54 Å². The molecule has 0 fully saturated rings. The van der Waals surface area contributed by atoms with E-state index in [1.165, 1.54) is 24.3 Å². The summed E-state index contributed by atoms with van der Waals surface area (Å²) in [5.74, 6) is -2.28. The second-order valence-electron chi connectivity index (χ2n) is 5.84. The van der Waals surface area contributed by atoms with Gasteiger partial charge in [0.05, 0.1) is 12.3 Å². The lowest BCUT2D eigenvalue weighted by Crippen LogP contribution is -2.34. The molecule has 0 heterocycles. The molecule has 2 N–H and O–H groups in total. The maximum absolute atomic E-state index is 12.8. The number of hydrogen-bond acceptors (Lipinski definition) is 2. The molecule has 0 bridgehead atoms. The first-order valence-corrected chi connectivity index (χ1v) is 7.73. The first-order valence-electron chi connectivity index (χ1n) is 7.73. The van der Waals surface area contributed by atoms with E-state index in [1.807, 2.05) is 31.2 Å². The van der Waals surface area contributed by atoms with Gasteiger partial charge < -0.3 is 10.4 Å². The molecule has 126 valence electrons. The van der Waals surface area contributed by atoms with Crippen molar-refractivity contribution in [1.82, 2.24) is 5.32 Å². The predicted octanol–water partition coefficient (Wildman–Crippen LogP) is 2.74. The Morgan fingerprint density at radius 3 is 2.46 bits per heavy atom. The number of rotatable bonds is 7. The lowest BCUT2D eigenvalue weighted by atomic mass is 9.98. The molecule has 4 nitrogen and oxygen atoms in total. The summed E-state index contributed by atoms with van der Waals surface area (Å²) in [5, 5.41) is 12.0. The topological polar surface area (TPSA) is 66.4 Å². The molecule has 2 aromatic carbocycles. The van der Waals surface area contributed by atoms with Gasteiger partial charge in [-0.2, -0.15) is 0 Å². The fourth-order valence-corrected chi connectivity index (χ4v) is 2.46. The van der Waals surface area contributed by atoms with Crippen LogP contribution in [0.1, 0.15) is 16.7 Å². The molecule has 2 aromatic rings. The van der Waals surface area contributed by atoms with Crippen LogP contribution in [0.3, 0.4) is 0 Å². The molecular formula is C19H20FNO3. The molecule has 0 saturated carbocycles. The summed E-state index contributed by atoms with van der Waals surface area (Å²) in [6.07, 6.45) is 0.449. The van der Waals surface area contributed by atoms with Crippen LogP contribution < -0.4 is 5.32 Å². The number of carbonyl (C=O) groups is 2. The average Bonchev–Trinajstić information content (AvgIpc) is 2.53. The fourth-order valence-electron chi connectivity index (χ4n) is 2.46. The highest BCUT2D eigenvalue weighted by molar-refractivity contribution is 5.79. The highest BCUT2D eigenvalue weighted by Gasteiger charge is 2.19. The number of halogens is 1. The van der Waals surface area contributed by atoms with Crippen molar-refractivity contribution < 1.29 is 19.1 Å². The number of carbonyl (C=O) groups excluding carboxylic acids is 1. The summed E-state index contributed by atoms with van der Waals surface area (Å²) in [6.45, 7) is 2.01. The van der Waals surface area contributed by atoms with E-state index >= 15 is 0 Å². The normalized spacial score (nSPS) is 11.8. The van der Waals surface area contributed by atoms with Crippen LogP contribution in [0, 0.1) is 18.7 Å². The van der Waals surface area contributed by atoms with Crippen molar-refractivity contribution in [3.8, 4) is 0 Å². The number of nitrogens with one attached hydrogen (secondary N) is 1. The average molecular weight is 329 g/mol. The van der Waals surface area contributed by atoms with E-state index in [1.54, 1.807) is 0 Å². The molecule has 0 aliphatic carbocycles. The number of carboxylic acids is 1. The van der Waals surface area contributed by atoms with Crippen LogP contribution in [0.15, 0.2) is 48.5 Å². The summed E-state index contributed by atoms with van der Waals surface area (Å²) < 4.78 is 12.8. The van der Waals surface area contributed by atoms with Crippen molar-refractivity contribution in [3.05, 3.63) is 71.0 Å². The van der Waals surface area contributed by atoms with E-state index in [0.717, 1.165) is 11.1 Å². The second kappa shape index (κ2) is 8.24. The quantitative estimate of drug-likeness (QED) is 0.821. The van der Waals surface area contributed by atoms with Crippen molar-refractivity contribution in [2.24, 2.45) is 5.92 Å². The van der Waals surface area contributed by atoms with E-state index in [9.17, 15) is 19.1 Å². The van der Waals surface area contributed by atoms with Crippen molar-refractivity contribution in [3.63, 3.8) is 0 Å². The Balaban J connectivity index is 1.90. The molecular weight excluding hydrogens is 309 g/mol. The summed E-state index contributed by atoms with van der Waals surface area (Å²) in [7, 11) is 0. The Kier molecular flexibility index (Phi) is 6.07. The molecule has 0 aliphatic rings. The monoisotopic (exact) mass is 329 g/mol. The zero-order valence-electron chi connectivity index (χ0n) is 13.5. The van der Waals surface area contributed by atoms with Gasteiger partial charge in [0.15, 0.2) is 0 Å². The number of benzene rings is 2. The van der Waals surface area contributed by atoms with Gasteiger partial charge in [-0.05, 0) is 36.6 Å².